The molecule has 3 aromatic rings. The Balaban J connectivity index is 1.76. The molecule has 4 rings (SSSR count). The first kappa shape index (κ1) is 16.5. The maximum Gasteiger partial charge on any atom is 0.227 e. The highest BCUT2D eigenvalue weighted by atomic mass is 32.1. The lowest BCUT2D eigenvalue weighted by Gasteiger charge is -2.20. The molecule has 7 heteroatoms. The summed E-state index contributed by atoms with van der Waals surface area (Å²) in [6.45, 7) is 0.272. The summed E-state index contributed by atoms with van der Waals surface area (Å²) < 4.78 is 6.53. The molecule has 0 radical (unpaired) electrons. The van der Waals surface area contributed by atoms with Crippen molar-refractivity contribution >= 4 is 39.1 Å². The van der Waals surface area contributed by atoms with Gasteiger partial charge in [0.15, 0.2) is 0 Å². The second kappa shape index (κ2) is 6.42. The number of rotatable bonds is 4. The number of thiazole rings is 1. The fraction of sp³-hybridized carbons (Fsp3) is 0.211. The maximum atomic E-state index is 12.4. The molecule has 1 atom stereocenters. The number of methoxy groups -OCH3 is 1. The number of carbonyl (C=O) groups excluding carboxylic acids is 2. The number of nitrogens with zero attached hydrogens (tertiary/aromatic N) is 2. The number of nitrogens with two attached hydrogens (primary N) is 1. The van der Waals surface area contributed by atoms with Crippen molar-refractivity contribution in [1.29, 1.82) is 0 Å². The Morgan fingerprint density at radius 3 is 2.81 bits per heavy atom. The zero-order chi connectivity index (χ0) is 18.3. The van der Waals surface area contributed by atoms with E-state index in [1.165, 1.54) is 0 Å². The summed E-state index contributed by atoms with van der Waals surface area (Å²) in [6.07, 6.45) is 0.129. The van der Waals surface area contributed by atoms with Crippen LogP contribution in [0, 0.1) is 5.92 Å². The largest absolute Gasteiger partial charge is 0.495 e. The lowest BCUT2D eigenvalue weighted by atomic mass is 10.1. The molecule has 1 fully saturated rings. The van der Waals surface area contributed by atoms with Crippen molar-refractivity contribution in [1.82, 2.24) is 4.98 Å². The van der Waals surface area contributed by atoms with E-state index in [0.717, 1.165) is 20.8 Å². The number of ether oxygens (including phenoxy) is 1. The van der Waals surface area contributed by atoms with Crippen LogP contribution in [0.3, 0.4) is 0 Å². The van der Waals surface area contributed by atoms with E-state index in [2.05, 4.69) is 4.98 Å². The number of primary amides is 1. The molecule has 2 heterocycles. The van der Waals surface area contributed by atoms with Crippen LogP contribution in [-0.2, 0) is 9.59 Å². The Kier molecular flexibility index (Phi) is 4.08. The van der Waals surface area contributed by atoms with Crippen molar-refractivity contribution in [2.45, 2.75) is 6.42 Å². The number of hydrogen-bond acceptors (Lipinski definition) is 5. The van der Waals surface area contributed by atoms with E-state index in [-0.39, 0.29) is 18.9 Å². The van der Waals surface area contributed by atoms with Crippen molar-refractivity contribution < 1.29 is 14.3 Å². The number of hydrogen-bond donors (Lipinski definition) is 1. The van der Waals surface area contributed by atoms with Gasteiger partial charge in [0, 0.05) is 18.5 Å². The Labute approximate surface area is 154 Å². The van der Waals surface area contributed by atoms with Gasteiger partial charge in [0.2, 0.25) is 11.8 Å². The topological polar surface area (TPSA) is 85.5 Å². The van der Waals surface area contributed by atoms with E-state index >= 15 is 0 Å². The number of para-hydroxylation sites is 1. The molecule has 0 bridgehead atoms. The molecule has 1 aromatic heterocycles. The average molecular weight is 367 g/mol. The van der Waals surface area contributed by atoms with Crippen molar-refractivity contribution in [3.63, 3.8) is 0 Å². The molecule has 1 aliphatic rings. The molecular formula is C19H17N3O3S. The first-order chi connectivity index (χ1) is 12.6. The Hall–Kier alpha value is -2.93. The van der Waals surface area contributed by atoms with Crippen LogP contribution in [0.4, 0.5) is 5.69 Å². The van der Waals surface area contributed by atoms with Gasteiger partial charge in [-0.25, -0.2) is 4.98 Å². The van der Waals surface area contributed by atoms with Gasteiger partial charge in [-0.1, -0.05) is 12.1 Å². The fourth-order valence-corrected chi connectivity index (χ4v) is 4.12. The molecule has 0 saturated carbocycles. The van der Waals surface area contributed by atoms with Gasteiger partial charge in [-0.05, 0) is 30.3 Å². The summed E-state index contributed by atoms with van der Waals surface area (Å²) in [5.74, 6) is -0.484. The average Bonchev–Trinajstić information content (AvgIpc) is 3.24. The van der Waals surface area contributed by atoms with Gasteiger partial charge in [-0.2, -0.15) is 0 Å². The number of fused-ring (bicyclic) bond motifs is 1. The van der Waals surface area contributed by atoms with Crippen molar-refractivity contribution in [2.24, 2.45) is 11.7 Å². The van der Waals surface area contributed by atoms with Gasteiger partial charge in [0.25, 0.3) is 0 Å². The van der Waals surface area contributed by atoms with Crippen molar-refractivity contribution in [3.05, 3.63) is 42.5 Å². The lowest BCUT2D eigenvalue weighted by Crippen LogP contribution is -2.28. The number of carbonyl (C=O) groups is 2. The van der Waals surface area contributed by atoms with Crippen LogP contribution >= 0.6 is 11.3 Å². The highest BCUT2D eigenvalue weighted by Crippen LogP contribution is 2.38. The highest BCUT2D eigenvalue weighted by molar-refractivity contribution is 7.21. The summed E-state index contributed by atoms with van der Waals surface area (Å²) >= 11 is 1.59. The van der Waals surface area contributed by atoms with Crippen molar-refractivity contribution in [2.75, 3.05) is 18.6 Å². The van der Waals surface area contributed by atoms with Crippen LogP contribution in [0.15, 0.2) is 42.5 Å². The summed E-state index contributed by atoms with van der Waals surface area (Å²) in [6, 6.07) is 13.6. The van der Waals surface area contributed by atoms with Crippen LogP contribution in [0.1, 0.15) is 6.42 Å². The maximum absolute atomic E-state index is 12.4. The van der Waals surface area contributed by atoms with Crippen LogP contribution < -0.4 is 15.4 Å². The predicted molar refractivity (Wildman–Crippen MR) is 101 cm³/mol. The molecule has 0 aliphatic carbocycles. The molecule has 0 spiro atoms. The Morgan fingerprint density at radius 2 is 2.12 bits per heavy atom. The van der Waals surface area contributed by atoms with Gasteiger partial charge in [-0.3, -0.25) is 9.59 Å². The van der Waals surface area contributed by atoms with E-state index in [1.807, 2.05) is 42.5 Å². The third kappa shape index (κ3) is 2.80. The van der Waals surface area contributed by atoms with E-state index in [4.69, 9.17) is 10.5 Å². The van der Waals surface area contributed by atoms with E-state index in [0.29, 0.717) is 11.4 Å². The first-order valence-corrected chi connectivity index (χ1v) is 9.02. The molecular weight excluding hydrogens is 350 g/mol. The Bertz CT molecular complexity index is 981. The molecule has 1 saturated heterocycles. The van der Waals surface area contributed by atoms with Gasteiger partial charge in [-0.15, -0.1) is 11.3 Å². The van der Waals surface area contributed by atoms with Crippen LogP contribution in [-0.4, -0.2) is 30.5 Å². The fourth-order valence-electron chi connectivity index (χ4n) is 3.16. The van der Waals surface area contributed by atoms with Gasteiger partial charge in [0.05, 0.1) is 28.9 Å². The zero-order valence-electron chi connectivity index (χ0n) is 14.1. The van der Waals surface area contributed by atoms with Crippen molar-refractivity contribution in [3.8, 4) is 16.3 Å². The highest BCUT2D eigenvalue weighted by Gasteiger charge is 2.35. The van der Waals surface area contributed by atoms with E-state index < -0.39 is 11.8 Å². The van der Waals surface area contributed by atoms with Crippen LogP contribution in [0.5, 0.6) is 5.75 Å². The summed E-state index contributed by atoms with van der Waals surface area (Å²) in [4.78, 5) is 30.1. The minimum atomic E-state index is -0.474. The third-order valence-corrected chi connectivity index (χ3v) is 5.62. The molecule has 6 nitrogen and oxygen atoms in total. The summed E-state index contributed by atoms with van der Waals surface area (Å²) in [7, 11) is 1.56. The molecule has 1 aliphatic heterocycles. The lowest BCUT2D eigenvalue weighted by molar-refractivity contribution is -0.123. The van der Waals surface area contributed by atoms with Gasteiger partial charge in [0.1, 0.15) is 10.8 Å². The monoisotopic (exact) mass is 367 g/mol. The molecule has 26 heavy (non-hydrogen) atoms. The van der Waals surface area contributed by atoms with Gasteiger partial charge >= 0.3 is 0 Å². The smallest absolute Gasteiger partial charge is 0.227 e. The SMILES string of the molecule is COc1ccc(-c2nc3ccccc3s2)cc1N1C[C@@H](C(N)=O)CC1=O. The summed E-state index contributed by atoms with van der Waals surface area (Å²) in [5, 5.41) is 0.869. The second-order valence-electron chi connectivity index (χ2n) is 6.18. The Morgan fingerprint density at radius 1 is 1.31 bits per heavy atom. The molecule has 132 valence electrons. The molecule has 2 amide bonds. The predicted octanol–water partition coefficient (Wildman–Crippen LogP) is 2.81. The number of amides is 2. The normalized spacial score (nSPS) is 17.0. The van der Waals surface area contributed by atoms with E-state index in [1.54, 1.807) is 23.3 Å². The summed E-state index contributed by atoms with van der Waals surface area (Å²) in [5.41, 5.74) is 7.86. The van der Waals surface area contributed by atoms with Crippen LogP contribution in [0.2, 0.25) is 0 Å². The second-order valence-corrected chi connectivity index (χ2v) is 7.21. The van der Waals surface area contributed by atoms with Gasteiger partial charge < -0.3 is 15.4 Å². The molecule has 0 unspecified atom stereocenters. The number of aromatic nitrogens is 1. The minimum absolute atomic E-state index is 0.129. The zero-order valence-corrected chi connectivity index (χ0v) is 15.0. The third-order valence-electron chi connectivity index (χ3n) is 4.54. The van der Waals surface area contributed by atoms with E-state index in [9.17, 15) is 9.59 Å². The number of benzene rings is 2. The molecule has 2 N–H and O–H groups in total. The van der Waals surface area contributed by atoms with Crippen LogP contribution in [0.25, 0.3) is 20.8 Å². The first-order valence-electron chi connectivity index (χ1n) is 8.20. The standard InChI is InChI=1S/C19H17N3O3S/c1-25-15-7-6-11(19-21-13-4-2-3-5-16(13)26-19)8-14(15)22-10-12(18(20)24)9-17(22)23/h2-8,12H,9-10H2,1H3,(H2,20,24)/t12-/m0/s1. The molecule has 2 aromatic carbocycles. The minimum Gasteiger partial charge on any atom is -0.495 e. The quantitative estimate of drug-likeness (QED) is 0.768. The number of anilines is 1.